The maximum atomic E-state index is 12.7. The number of phosphoric acid groups is 1. The Labute approximate surface area is 208 Å². The Hall–Kier alpha value is -2.36. The van der Waals surface area contributed by atoms with E-state index in [0.29, 0.717) is 5.56 Å². The van der Waals surface area contributed by atoms with Crippen LogP contribution >= 0.6 is 14.5 Å². The molecule has 36 heavy (non-hydrogen) atoms. The summed E-state index contributed by atoms with van der Waals surface area (Å²) in [6.45, 7) is -5.29. The predicted molar refractivity (Wildman–Crippen MR) is 125 cm³/mol. The van der Waals surface area contributed by atoms with Crippen molar-refractivity contribution in [1.29, 1.82) is 0 Å². The van der Waals surface area contributed by atoms with Crippen LogP contribution in [0.15, 0.2) is 43.0 Å². The smallest absolute Gasteiger partial charge is 0.454 e. The largest absolute Gasteiger partial charge is 0.479 e. The molecule has 1 aliphatic heterocycles. The zero-order chi connectivity index (χ0) is 26.1. The number of nitrogen functional groups attached to an aromatic ring is 1. The molecule has 3 aromatic rings. The standard InChI is InChI=1S/C18H21N5O10P2S/c19-16-13-17(21-8-20-16)23(9-22-13)18-15(32-12(24)6-10-4-2-1-3-5-10)14(25)11(31-18)7-30-34(26,27)33-35(28,29)36/h1-5,8-9,11,14-15,18,25H,6-7H2,(H,26,27)(H2,19,20,21)(H2,28,29,36)/t11-,14-,15-,18-/m1/s1. The summed E-state index contributed by atoms with van der Waals surface area (Å²) < 4.78 is 33.5. The van der Waals surface area contributed by atoms with Crippen LogP contribution in [0.4, 0.5) is 5.82 Å². The van der Waals surface area contributed by atoms with Crippen molar-refractivity contribution in [2.45, 2.75) is 31.0 Å². The van der Waals surface area contributed by atoms with Gasteiger partial charge in [-0.1, -0.05) is 30.3 Å². The summed E-state index contributed by atoms with van der Waals surface area (Å²) in [4.78, 5) is 52.7. The van der Waals surface area contributed by atoms with Crippen LogP contribution < -0.4 is 5.73 Å². The number of aliphatic hydroxyl groups is 1. The highest BCUT2D eigenvalue weighted by atomic mass is 32.5. The molecule has 0 amide bonds. The third-order valence-corrected chi connectivity index (χ3v) is 7.80. The summed E-state index contributed by atoms with van der Waals surface area (Å²) in [6, 6.07) is 8.74. The van der Waals surface area contributed by atoms with E-state index in [1.54, 1.807) is 30.3 Å². The van der Waals surface area contributed by atoms with Gasteiger partial charge in [0.1, 0.15) is 24.1 Å². The monoisotopic (exact) mass is 561 g/mol. The molecule has 1 aromatic carbocycles. The van der Waals surface area contributed by atoms with Gasteiger partial charge in [0.2, 0.25) is 0 Å². The van der Waals surface area contributed by atoms with Gasteiger partial charge in [0.15, 0.2) is 23.8 Å². The van der Waals surface area contributed by atoms with Crippen LogP contribution in [0.5, 0.6) is 0 Å². The Kier molecular flexibility index (Phi) is 7.83. The molecule has 3 heterocycles. The summed E-state index contributed by atoms with van der Waals surface area (Å²) >= 11 is 4.17. The Bertz CT molecular complexity index is 1340. The zero-order valence-electron chi connectivity index (χ0n) is 18.2. The number of carbonyl (C=O) groups is 1. The maximum absolute atomic E-state index is 12.7. The van der Waals surface area contributed by atoms with Crippen LogP contribution in [0.2, 0.25) is 0 Å². The topological polar surface area (TPSA) is 222 Å². The number of hydrogen-bond donors (Lipinski definition) is 5. The number of carbonyl (C=O) groups excluding carboxylic acids is 1. The van der Waals surface area contributed by atoms with E-state index in [2.05, 4.69) is 31.1 Å². The molecule has 18 heteroatoms. The minimum atomic E-state index is -5.02. The second-order valence-corrected chi connectivity index (χ2v) is 11.8. The molecule has 194 valence electrons. The average molecular weight is 561 g/mol. The molecule has 2 aromatic heterocycles. The number of ether oxygens (including phenoxy) is 2. The van der Waals surface area contributed by atoms with Gasteiger partial charge in [0.25, 0.3) is 0 Å². The number of benzene rings is 1. The number of esters is 1. The molecule has 0 saturated carbocycles. The third-order valence-electron chi connectivity index (χ3n) is 5.04. The molecular weight excluding hydrogens is 540 g/mol. The highest BCUT2D eigenvalue weighted by molar-refractivity contribution is 8.08. The second-order valence-electron chi connectivity index (χ2n) is 7.59. The number of anilines is 1. The number of aromatic nitrogens is 4. The normalized spacial score (nSPS) is 24.0. The fourth-order valence-corrected chi connectivity index (χ4v) is 5.90. The van der Waals surface area contributed by atoms with E-state index in [1.807, 2.05) is 0 Å². The van der Waals surface area contributed by atoms with E-state index in [-0.39, 0.29) is 23.4 Å². The van der Waals surface area contributed by atoms with Gasteiger partial charge in [-0.15, -0.1) is 0 Å². The number of rotatable bonds is 9. The molecule has 0 aliphatic carbocycles. The van der Waals surface area contributed by atoms with Gasteiger partial charge < -0.3 is 35.0 Å². The van der Waals surface area contributed by atoms with Crippen molar-refractivity contribution in [3.05, 3.63) is 48.5 Å². The second kappa shape index (κ2) is 10.6. The molecule has 6 N–H and O–H groups in total. The van der Waals surface area contributed by atoms with Crippen molar-refractivity contribution in [3.63, 3.8) is 0 Å². The minimum absolute atomic E-state index is 0.0805. The molecule has 1 fully saturated rings. The lowest BCUT2D eigenvalue weighted by molar-refractivity contribution is -0.157. The Morgan fingerprint density at radius 2 is 1.92 bits per heavy atom. The molecule has 4 rings (SSSR count). The molecule has 5 atom stereocenters. The van der Waals surface area contributed by atoms with Crippen LogP contribution in [-0.2, 0) is 45.9 Å². The highest BCUT2D eigenvalue weighted by Crippen LogP contribution is 2.58. The molecular formula is C18H21N5O10P2S. The summed E-state index contributed by atoms with van der Waals surface area (Å²) in [5.41, 5.74) is 6.94. The molecule has 1 saturated heterocycles. The van der Waals surface area contributed by atoms with Gasteiger partial charge in [0.05, 0.1) is 19.4 Å². The van der Waals surface area contributed by atoms with E-state index in [0.717, 1.165) is 0 Å². The third kappa shape index (κ3) is 6.30. The first-order valence-corrected chi connectivity index (χ1v) is 14.3. The lowest BCUT2D eigenvalue weighted by atomic mass is 10.1. The summed E-state index contributed by atoms with van der Waals surface area (Å²) in [6.07, 6.45) is -3.04. The van der Waals surface area contributed by atoms with Crippen LogP contribution in [0.1, 0.15) is 11.8 Å². The molecule has 1 aliphatic rings. The van der Waals surface area contributed by atoms with Crippen LogP contribution in [0.3, 0.4) is 0 Å². The molecule has 0 spiro atoms. The molecule has 0 radical (unpaired) electrons. The lowest BCUT2D eigenvalue weighted by Crippen LogP contribution is -2.37. The van der Waals surface area contributed by atoms with Gasteiger partial charge in [-0.3, -0.25) is 13.9 Å². The van der Waals surface area contributed by atoms with Gasteiger partial charge in [0, 0.05) is 0 Å². The van der Waals surface area contributed by atoms with E-state index in [4.69, 9.17) is 29.5 Å². The number of nitrogens with two attached hydrogens (primary N) is 1. The van der Waals surface area contributed by atoms with Crippen molar-refractivity contribution in [1.82, 2.24) is 19.5 Å². The van der Waals surface area contributed by atoms with Crippen molar-refractivity contribution in [3.8, 4) is 0 Å². The fraction of sp³-hybridized carbons (Fsp3) is 0.333. The zero-order valence-corrected chi connectivity index (χ0v) is 20.8. The first kappa shape index (κ1) is 26.7. The van der Waals surface area contributed by atoms with Crippen LogP contribution in [-0.4, -0.2) is 70.2 Å². The fourth-order valence-electron chi connectivity index (χ4n) is 3.54. The van der Waals surface area contributed by atoms with E-state index in [1.165, 1.54) is 17.2 Å². The predicted octanol–water partition coefficient (Wildman–Crippen LogP) is 0.164. The van der Waals surface area contributed by atoms with Crippen LogP contribution in [0.25, 0.3) is 11.2 Å². The number of nitrogens with zero attached hydrogens (tertiary/aromatic N) is 4. The van der Waals surface area contributed by atoms with Gasteiger partial charge in [-0.2, -0.15) is 0 Å². The average Bonchev–Trinajstić information content (AvgIpc) is 3.34. The van der Waals surface area contributed by atoms with Gasteiger partial charge >= 0.3 is 20.5 Å². The molecule has 1 unspecified atom stereocenters. The minimum Gasteiger partial charge on any atom is -0.454 e. The summed E-state index contributed by atoms with van der Waals surface area (Å²) in [7, 11) is -5.02. The lowest BCUT2D eigenvalue weighted by Gasteiger charge is -2.22. The Balaban J connectivity index is 1.58. The van der Waals surface area contributed by atoms with Gasteiger partial charge in [-0.25, -0.2) is 23.8 Å². The summed E-state index contributed by atoms with van der Waals surface area (Å²) in [5, 5.41) is 10.9. The van der Waals surface area contributed by atoms with E-state index in [9.17, 15) is 19.4 Å². The number of phosphoric ester groups is 1. The number of fused-ring (bicyclic) bond motifs is 1. The van der Waals surface area contributed by atoms with E-state index >= 15 is 0 Å². The quantitative estimate of drug-likeness (QED) is 0.173. The van der Waals surface area contributed by atoms with Crippen molar-refractivity contribution >= 4 is 49.3 Å². The molecule has 15 nitrogen and oxygen atoms in total. The van der Waals surface area contributed by atoms with Crippen molar-refractivity contribution in [2.24, 2.45) is 0 Å². The van der Waals surface area contributed by atoms with Gasteiger partial charge in [-0.05, 0) is 17.4 Å². The Morgan fingerprint density at radius 3 is 2.61 bits per heavy atom. The van der Waals surface area contributed by atoms with E-state index < -0.39 is 51.7 Å². The van der Waals surface area contributed by atoms with Crippen LogP contribution in [0, 0.1) is 0 Å². The number of imidazole rings is 1. The first-order valence-electron chi connectivity index (χ1n) is 10.2. The molecule has 0 bridgehead atoms. The number of hydrogen-bond acceptors (Lipinski definition) is 12. The summed E-state index contributed by atoms with van der Waals surface area (Å²) in [5.74, 6) is -0.603. The SMILES string of the molecule is Nc1ncnc2c1ncn2[C@@H]1O[C@H](COP(=O)(O)OP(O)(O)=S)[C@@H](O)[C@H]1OC(=O)Cc1ccccc1. The Morgan fingerprint density at radius 1 is 1.19 bits per heavy atom. The van der Waals surface area contributed by atoms with Crippen molar-refractivity contribution in [2.75, 3.05) is 12.3 Å². The maximum Gasteiger partial charge on any atom is 0.479 e. The first-order chi connectivity index (χ1) is 16.9. The highest BCUT2D eigenvalue weighted by Gasteiger charge is 2.49. The number of aliphatic hydroxyl groups excluding tert-OH is 1. The van der Waals surface area contributed by atoms with Crippen molar-refractivity contribution < 1.29 is 47.5 Å².